The van der Waals surface area contributed by atoms with Gasteiger partial charge >= 0.3 is 0 Å². The van der Waals surface area contributed by atoms with Crippen molar-refractivity contribution in [1.29, 1.82) is 5.26 Å². The lowest BCUT2D eigenvalue weighted by atomic mass is 10.1. The molecule has 0 aromatic heterocycles. The van der Waals surface area contributed by atoms with Crippen LogP contribution < -0.4 is 4.90 Å². The van der Waals surface area contributed by atoms with Crippen LogP contribution in [-0.4, -0.2) is 18.0 Å². The van der Waals surface area contributed by atoms with Crippen LogP contribution in [0.4, 0.5) is 11.4 Å². The topological polar surface area (TPSA) is 70.2 Å². The number of benzene rings is 1. The second kappa shape index (κ2) is 6.01. The molecule has 0 saturated carbocycles. The minimum Gasteiger partial charge on any atom is -0.365 e. The lowest BCUT2D eigenvalue weighted by Gasteiger charge is -2.24. The van der Waals surface area contributed by atoms with Crippen LogP contribution in [0.5, 0.6) is 0 Å². The molecule has 0 spiro atoms. The fourth-order valence-corrected chi connectivity index (χ4v) is 1.82. The van der Waals surface area contributed by atoms with Crippen LogP contribution in [0, 0.1) is 34.3 Å². The van der Waals surface area contributed by atoms with Crippen LogP contribution in [0.1, 0.15) is 19.4 Å². The van der Waals surface area contributed by atoms with E-state index in [1.807, 2.05) is 31.7 Å². The molecule has 0 aliphatic heterocycles. The number of nitro benzene ring substituents is 1. The number of anilines is 1. The van der Waals surface area contributed by atoms with Gasteiger partial charge in [-0.05, 0) is 32.4 Å². The molecule has 0 heterocycles. The van der Waals surface area contributed by atoms with Crippen molar-refractivity contribution < 1.29 is 4.92 Å². The Labute approximate surface area is 107 Å². The molecule has 0 bridgehead atoms. The third-order valence-corrected chi connectivity index (χ3v) is 2.76. The normalized spacial score (nSPS) is 11.7. The highest BCUT2D eigenvalue weighted by Crippen LogP contribution is 2.29. The number of hydrogen-bond acceptors (Lipinski definition) is 4. The van der Waals surface area contributed by atoms with E-state index in [1.165, 1.54) is 0 Å². The predicted molar refractivity (Wildman–Crippen MR) is 70.5 cm³/mol. The van der Waals surface area contributed by atoms with Crippen molar-refractivity contribution in [2.24, 2.45) is 5.92 Å². The molecule has 0 radical (unpaired) electrons. The third-order valence-electron chi connectivity index (χ3n) is 2.76. The van der Waals surface area contributed by atoms with Gasteiger partial charge in [-0.2, -0.15) is 5.26 Å². The number of rotatable bonds is 5. The van der Waals surface area contributed by atoms with Crippen molar-refractivity contribution in [3.05, 3.63) is 33.9 Å². The third kappa shape index (κ3) is 3.20. The first-order chi connectivity index (χ1) is 8.49. The van der Waals surface area contributed by atoms with Crippen LogP contribution >= 0.6 is 0 Å². The minimum absolute atomic E-state index is 0.0991. The van der Waals surface area contributed by atoms with Crippen LogP contribution in [-0.2, 0) is 0 Å². The average molecular weight is 247 g/mol. The number of nitro groups is 1. The van der Waals surface area contributed by atoms with E-state index in [2.05, 4.69) is 6.07 Å². The molecule has 18 heavy (non-hydrogen) atoms. The van der Waals surface area contributed by atoms with Gasteiger partial charge in [0, 0.05) is 19.2 Å². The largest absolute Gasteiger partial charge is 0.365 e. The molecule has 1 aromatic rings. The van der Waals surface area contributed by atoms with Gasteiger partial charge < -0.3 is 4.90 Å². The van der Waals surface area contributed by atoms with E-state index in [-0.39, 0.29) is 16.5 Å². The first-order valence-electron chi connectivity index (χ1n) is 5.89. The quantitative estimate of drug-likeness (QED) is 0.592. The summed E-state index contributed by atoms with van der Waals surface area (Å²) in [5.41, 5.74) is 1.53. The Kier molecular flexibility index (Phi) is 4.67. The Hall–Kier alpha value is -2.09. The zero-order valence-corrected chi connectivity index (χ0v) is 10.9. The molecule has 1 unspecified atom stereocenters. The van der Waals surface area contributed by atoms with Gasteiger partial charge in [0.05, 0.1) is 16.9 Å². The van der Waals surface area contributed by atoms with E-state index in [4.69, 9.17) is 5.26 Å². The highest BCUT2D eigenvalue weighted by Gasteiger charge is 2.19. The van der Waals surface area contributed by atoms with Crippen LogP contribution in [0.3, 0.4) is 0 Å². The van der Waals surface area contributed by atoms with E-state index < -0.39 is 0 Å². The van der Waals surface area contributed by atoms with Gasteiger partial charge in [0.1, 0.15) is 5.69 Å². The molecule has 0 N–H and O–H groups in total. The van der Waals surface area contributed by atoms with Crippen molar-refractivity contribution >= 4 is 11.4 Å². The van der Waals surface area contributed by atoms with E-state index in [0.717, 1.165) is 5.56 Å². The van der Waals surface area contributed by atoms with Crippen LogP contribution in [0.2, 0.25) is 0 Å². The van der Waals surface area contributed by atoms with E-state index >= 15 is 0 Å². The predicted octanol–water partition coefficient (Wildman–Crippen LogP) is 2.89. The first-order valence-corrected chi connectivity index (χ1v) is 5.89. The number of aryl methyl sites for hydroxylation is 1. The molecular formula is C13H17N3O2. The molecule has 0 fully saturated rings. The summed E-state index contributed by atoms with van der Waals surface area (Å²) in [5.74, 6) is -0.161. The second-order valence-electron chi connectivity index (χ2n) is 4.32. The molecule has 0 saturated heterocycles. The second-order valence-corrected chi connectivity index (χ2v) is 4.32. The Morgan fingerprint density at radius 1 is 1.56 bits per heavy atom. The Balaban J connectivity index is 3.13. The van der Waals surface area contributed by atoms with Gasteiger partial charge in [-0.1, -0.05) is 6.07 Å². The summed E-state index contributed by atoms with van der Waals surface area (Å²) in [6, 6.07) is 7.31. The molecule has 0 aliphatic rings. The highest BCUT2D eigenvalue weighted by molar-refractivity contribution is 5.64. The minimum atomic E-state index is -0.373. The summed E-state index contributed by atoms with van der Waals surface area (Å²) in [5, 5.41) is 19.9. The van der Waals surface area contributed by atoms with E-state index in [0.29, 0.717) is 18.8 Å². The molecular weight excluding hydrogens is 230 g/mol. The van der Waals surface area contributed by atoms with Gasteiger partial charge in [-0.15, -0.1) is 0 Å². The summed E-state index contributed by atoms with van der Waals surface area (Å²) >= 11 is 0. The standard InChI is InChI=1S/C13H17N3O2/c1-4-15(9-11(3)8-14)12-6-5-10(2)7-13(12)16(17)18/h5-7,11H,4,9H2,1-3H3. The summed E-state index contributed by atoms with van der Waals surface area (Å²) in [4.78, 5) is 12.6. The summed E-state index contributed by atoms with van der Waals surface area (Å²) < 4.78 is 0. The average Bonchev–Trinajstić information content (AvgIpc) is 2.35. The van der Waals surface area contributed by atoms with Gasteiger partial charge in [-0.3, -0.25) is 10.1 Å². The summed E-state index contributed by atoms with van der Waals surface area (Å²) in [6.45, 7) is 6.69. The van der Waals surface area contributed by atoms with Crippen molar-refractivity contribution in [3.8, 4) is 6.07 Å². The molecule has 5 heteroatoms. The van der Waals surface area contributed by atoms with E-state index in [9.17, 15) is 10.1 Å². The molecule has 0 aliphatic carbocycles. The lowest BCUT2D eigenvalue weighted by molar-refractivity contribution is -0.384. The lowest BCUT2D eigenvalue weighted by Crippen LogP contribution is -2.28. The fourth-order valence-electron chi connectivity index (χ4n) is 1.82. The van der Waals surface area contributed by atoms with Crippen molar-refractivity contribution in [2.75, 3.05) is 18.0 Å². The first kappa shape index (κ1) is 14.0. The maximum absolute atomic E-state index is 11.1. The Morgan fingerprint density at radius 2 is 2.22 bits per heavy atom. The number of nitrogens with zero attached hydrogens (tertiary/aromatic N) is 3. The molecule has 1 atom stereocenters. The Morgan fingerprint density at radius 3 is 2.72 bits per heavy atom. The smallest absolute Gasteiger partial charge is 0.292 e. The van der Waals surface area contributed by atoms with Crippen molar-refractivity contribution in [1.82, 2.24) is 0 Å². The molecule has 5 nitrogen and oxygen atoms in total. The molecule has 1 rings (SSSR count). The Bertz CT molecular complexity index is 480. The van der Waals surface area contributed by atoms with Gasteiger partial charge in [0.15, 0.2) is 0 Å². The zero-order valence-electron chi connectivity index (χ0n) is 10.9. The zero-order chi connectivity index (χ0) is 13.7. The summed E-state index contributed by atoms with van der Waals surface area (Å²) in [6.07, 6.45) is 0. The fraction of sp³-hybridized carbons (Fsp3) is 0.462. The van der Waals surface area contributed by atoms with Crippen molar-refractivity contribution in [3.63, 3.8) is 0 Å². The summed E-state index contributed by atoms with van der Waals surface area (Å²) in [7, 11) is 0. The molecule has 0 amide bonds. The highest BCUT2D eigenvalue weighted by atomic mass is 16.6. The maximum Gasteiger partial charge on any atom is 0.292 e. The van der Waals surface area contributed by atoms with Gasteiger partial charge in [0.25, 0.3) is 5.69 Å². The van der Waals surface area contributed by atoms with E-state index in [1.54, 1.807) is 12.1 Å². The van der Waals surface area contributed by atoms with Crippen molar-refractivity contribution in [2.45, 2.75) is 20.8 Å². The van der Waals surface area contributed by atoms with Crippen LogP contribution in [0.15, 0.2) is 18.2 Å². The SMILES string of the molecule is CCN(CC(C)C#N)c1ccc(C)cc1[N+](=O)[O-]. The van der Waals surface area contributed by atoms with Gasteiger partial charge in [0.2, 0.25) is 0 Å². The molecule has 1 aromatic carbocycles. The monoisotopic (exact) mass is 247 g/mol. The number of hydrogen-bond donors (Lipinski definition) is 0. The maximum atomic E-state index is 11.1. The van der Waals surface area contributed by atoms with Crippen LogP contribution in [0.25, 0.3) is 0 Å². The molecule has 96 valence electrons. The van der Waals surface area contributed by atoms with Gasteiger partial charge in [-0.25, -0.2) is 0 Å². The number of nitriles is 1.